The minimum Gasteiger partial charge on any atom is -0.505 e. The van der Waals surface area contributed by atoms with Crippen molar-refractivity contribution in [2.45, 2.75) is 19.1 Å². The van der Waals surface area contributed by atoms with Gasteiger partial charge in [-0.05, 0) is 6.92 Å². The van der Waals surface area contributed by atoms with E-state index in [9.17, 15) is 19.8 Å². The van der Waals surface area contributed by atoms with Gasteiger partial charge in [-0.2, -0.15) is 0 Å². The van der Waals surface area contributed by atoms with E-state index in [1.807, 2.05) is 0 Å². The van der Waals surface area contributed by atoms with Crippen LogP contribution in [0.15, 0.2) is 23.7 Å². The summed E-state index contributed by atoms with van der Waals surface area (Å²) in [5, 5.41) is 27.7. The van der Waals surface area contributed by atoms with Crippen LogP contribution in [0.25, 0.3) is 0 Å². The number of carbonyl (C=O) groups excluding carboxylic acids is 2. The van der Waals surface area contributed by atoms with Crippen LogP contribution in [0.4, 0.5) is 0 Å². The number of allylic oxidation sites excluding steroid dienone is 1. The topological polar surface area (TPSA) is 113 Å². The predicted octanol–water partition coefficient (Wildman–Crippen LogP) is -0.280. The summed E-state index contributed by atoms with van der Waals surface area (Å²) in [6.45, 7) is 1.14. The van der Waals surface area contributed by atoms with Crippen LogP contribution < -0.4 is 0 Å². The molecule has 2 unspecified atom stereocenters. The fraction of sp³-hybridized carbons (Fsp3) is 0.400. The molecular formula is C10H12O7. The normalized spacial score (nSPS) is 21.8. The maximum atomic E-state index is 10.9. The van der Waals surface area contributed by atoms with Gasteiger partial charge in [-0.3, -0.25) is 0 Å². The number of hydrogen-bond acceptors (Lipinski definition) is 7. The summed E-state index contributed by atoms with van der Waals surface area (Å²) in [4.78, 5) is 21.7. The second kappa shape index (κ2) is 5.35. The summed E-state index contributed by atoms with van der Waals surface area (Å²) < 4.78 is 9.06. The van der Waals surface area contributed by atoms with E-state index in [-0.39, 0.29) is 0 Å². The Labute approximate surface area is 96.6 Å². The smallest absolute Gasteiger partial charge is 0.377 e. The molecule has 0 radical (unpaired) electrons. The molecule has 1 aliphatic rings. The Balaban J connectivity index is 2.53. The Morgan fingerprint density at radius 2 is 2.24 bits per heavy atom. The number of esters is 2. The van der Waals surface area contributed by atoms with Crippen LogP contribution >= 0.6 is 0 Å². The Bertz CT molecular complexity index is 382. The van der Waals surface area contributed by atoms with Gasteiger partial charge in [0.1, 0.15) is 12.7 Å². The third kappa shape index (κ3) is 2.97. The number of ether oxygens (including phenoxy) is 2. The molecule has 0 aromatic rings. The van der Waals surface area contributed by atoms with E-state index in [0.29, 0.717) is 0 Å². The molecule has 0 aromatic carbocycles. The largest absolute Gasteiger partial charge is 0.505 e. The molecule has 0 aliphatic carbocycles. The zero-order valence-electron chi connectivity index (χ0n) is 8.99. The van der Waals surface area contributed by atoms with Crippen molar-refractivity contribution in [1.82, 2.24) is 0 Å². The van der Waals surface area contributed by atoms with Gasteiger partial charge in [0.25, 0.3) is 0 Å². The minimum atomic E-state index is -1.45. The van der Waals surface area contributed by atoms with Gasteiger partial charge in [0.05, 0.1) is 0 Å². The van der Waals surface area contributed by atoms with Gasteiger partial charge < -0.3 is 24.8 Å². The van der Waals surface area contributed by atoms with Gasteiger partial charge in [0.15, 0.2) is 11.9 Å². The first-order valence-electron chi connectivity index (χ1n) is 4.78. The van der Waals surface area contributed by atoms with Crippen molar-refractivity contribution in [3.8, 4) is 0 Å². The molecule has 7 nitrogen and oxygen atoms in total. The van der Waals surface area contributed by atoms with E-state index >= 15 is 0 Å². The van der Waals surface area contributed by atoms with Crippen molar-refractivity contribution < 1.29 is 34.4 Å². The standard InChI is InChI=1S/C10H12O7/c1-2-3-6(12)16-4-5(11)9-7(13)8(14)10(15)17-9/h2-3,5,9,11,13-14H,4H2,1H3/b3-2+. The monoisotopic (exact) mass is 244 g/mol. The SMILES string of the molecule is C/C=C/C(=O)OCC(O)C1OC(=O)C(O)=C1O. The van der Waals surface area contributed by atoms with Gasteiger partial charge in [0.2, 0.25) is 5.76 Å². The lowest BCUT2D eigenvalue weighted by molar-refractivity contribution is -0.151. The van der Waals surface area contributed by atoms with Crippen molar-refractivity contribution >= 4 is 11.9 Å². The third-order valence-corrected chi connectivity index (χ3v) is 1.99. The van der Waals surface area contributed by atoms with Crippen molar-refractivity contribution in [2.24, 2.45) is 0 Å². The van der Waals surface area contributed by atoms with E-state index < -0.39 is 42.3 Å². The lowest BCUT2D eigenvalue weighted by Crippen LogP contribution is -2.33. The van der Waals surface area contributed by atoms with Crippen LogP contribution in [0.2, 0.25) is 0 Å². The number of aliphatic hydroxyl groups is 3. The molecule has 2 atom stereocenters. The summed E-state index contributed by atoms with van der Waals surface area (Å²) in [6, 6.07) is 0. The molecule has 0 saturated carbocycles. The number of rotatable bonds is 4. The van der Waals surface area contributed by atoms with E-state index in [0.717, 1.165) is 6.08 Å². The first-order valence-corrected chi connectivity index (χ1v) is 4.78. The second-order valence-electron chi connectivity index (χ2n) is 3.26. The molecular weight excluding hydrogens is 232 g/mol. The van der Waals surface area contributed by atoms with Gasteiger partial charge in [-0.1, -0.05) is 6.08 Å². The number of carbonyl (C=O) groups is 2. The minimum absolute atomic E-state index is 0.474. The zero-order chi connectivity index (χ0) is 13.0. The van der Waals surface area contributed by atoms with Crippen molar-refractivity contribution in [2.75, 3.05) is 6.61 Å². The van der Waals surface area contributed by atoms with Crippen LogP contribution in [0.5, 0.6) is 0 Å². The summed E-state index contributed by atoms with van der Waals surface area (Å²) in [6.07, 6.45) is -0.271. The average Bonchev–Trinajstić information content (AvgIpc) is 2.54. The van der Waals surface area contributed by atoms with E-state index in [1.165, 1.54) is 6.08 Å². The third-order valence-electron chi connectivity index (χ3n) is 1.99. The van der Waals surface area contributed by atoms with Crippen LogP contribution in [0.3, 0.4) is 0 Å². The molecule has 0 saturated heterocycles. The van der Waals surface area contributed by atoms with E-state index in [2.05, 4.69) is 9.47 Å². The summed E-state index contributed by atoms with van der Waals surface area (Å²) in [7, 11) is 0. The predicted molar refractivity (Wildman–Crippen MR) is 53.9 cm³/mol. The first-order chi connectivity index (χ1) is 7.97. The number of hydrogen-bond donors (Lipinski definition) is 3. The van der Waals surface area contributed by atoms with Gasteiger partial charge in [-0.15, -0.1) is 0 Å². The van der Waals surface area contributed by atoms with Gasteiger partial charge in [0, 0.05) is 6.08 Å². The lowest BCUT2D eigenvalue weighted by Gasteiger charge is -2.16. The average molecular weight is 244 g/mol. The van der Waals surface area contributed by atoms with Gasteiger partial charge in [-0.25, -0.2) is 9.59 Å². The quantitative estimate of drug-likeness (QED) is 0.460. The highest BCUT2D eigenvalue weighted by Crippen LogP contribution is 2.21. The fourth-order valence-corrected chi connectivity index (χ4v) is 1.17. The van der Waals surface area contributed by atoms with Crippen molar-refractivity contribution in [3.05, 3.63) is 23.7 Å². The Kier molecular flexibility index (Phi) is 4.11. The maximum absolute atomic E-state index is 10.9. The van der Waals surface area contributed by atoms with Gasteiger partial charge >= 0.3 is 11.9 Å². The highest BCUT2D eigenvalue weighted by Gasteiger charge is 2.39. The first kappa shape index (κ1) is 13.0. The molecule has 1 aliphatic heterocycles. The summed E-state index contributed by atoms with van der Waals surface area (Å²) in [5.74, 6) is -3.53. The number of aliphatic hydroxyl groups excluding tert-OH is 3. The van der Waals surface area contributed by atoms with E-state index in [4.69, 9.17) is 5.11 Å². The second-order valence-corrected chi connectivity index (χ2v) is 3.26. The van der Waals surface area contributed by atoms with Crippen molar-refractivity contribution in [3.63, 3.8) is 0 Å². The van der Waals surface area contributed by atoms with Crippen LogP contribution in [0, 0.1) is 0 Å². The molecule has 0 aromatic heterocycles. The van der Waals surface area contributed by atoms with Crippen molar-refractivity contribution in [1.29, 1.82) is 0 Å². The summed E-state index contributed by atoms with van der Waals surface area (Å²) in [5.41, 5.74) is 0. The molecule has 94 valence electrons. The summed E-state index contributed by atoms with van der Waals surface area (Å²) >= 11 is 0. The Hall–Kier alpha value is -2.02. The zero-order valence-corrected chi connectivity index (χ0v) is 8.99. The van der Waals surface area contributed by atoms with Crippen LogP contribution in [0.1, 0.15) is 6.92 Å². The van der Waals surface area contributed by atoms with Crippen LogP contribution in [-0.4, -0.2) is 46.1 Å². The maximum Gasteiger partial charge on any atom is 0.377 e. The van der Waals surface area contributed by atoms with E-state index in [1.54, 1.807) is 6.92 Å². The Morgan fingerprint density at radius 1 is 1.59 bits per heavy atom. The highest BCUT2D eigenvalue weighted by molar-refractivity contribution is 5.89. The fourth-order valence-electron chi connectivity index (χ4n) is 1.17. The van der Waals surface area contributed by atoms with Crippen LogP contribution in [-0.2, 0) is 19.1 Å². The molecule has 1 heterocycles. The molecule has 17 heavy (non-hydrogen) atoms. The highest BCUT2D eigenvalue weighted by atomic mass is 16.6. The number of cyclic esters (lactones) is 1. The lowest BCUT2D eigenvalue weighted by atomic mass is 10.2. The molecule has 0 fully saturated rings. The molecule has 0 bridgehead atoms. The molecule has 1 rings (SSSR count). The molecule has 0 spiro atoms. The Morgan fingerprint density at radius 3 is 2.71 bits per heavy atom. The molecule has 0 amide bonds. The molecule has 3 N–H and O–H groups in total. The molecule has 7 heteroatoms.